The van der Waals surface area contributed by atoms with Gasteiger partial charge in [0, 0.05) is 17.7 Å². The molecule has 0 aliphatic carbocycles. The molecule has 0 amide bonds. The number of phenolic OH excluding ortho intramolecular Hbond substituents is 3. The van der Waals surface area contributed by atoms with Gasteiger partial charge in [0.05, 0.1) is 13.7 Å². The van der Waals surface area contributed by atoms with Gasteiger partial charge in [-0.2, -0.15) is 0 Å². The average Bonchev–Trinajstić information content (AvgIpc) is 2.80. The maximum atomic E-state index is 13.3. The maximum Gasteiger partial charge on any atom is 0.239 e. The van der Waals surface area contributed by atoms with E-state index >= 15 is 0 Å². The monoisotopic (exact) mass is 478 g/mol. The Balaban J connectivity index is 1.92. The van der Waals surface area contributed by atoms with Gasteiger partial charge in [-0.1, -0.05) is 0 Å². The van der Waals surface area contributed by atoms with Crippen LogP contribution in [0.2, 0.25) is 0 Å². The lowest BCUT2D eigenvalue weighted by atomic mass is 9.99. The SMILES string of the molecule is COc1cc(-c2oc3cc(O)cc(O)c3c(=O)c2O[C@@H]2O[C@@H](CO)[C@H](O)[C@@H](O)[C@@H]2O)ccc1O. The second-order valence-electron chi connectivity index (χ2n) is 7.63. The summed E-state index contributed by atoms with van der Waals surface area (Å²) in [5.41, 5.74) is -0.959. The normalized spacial score (nSPS) is 24.8. The van der Waals surface area contributed by atoms with Crippen molar-refractivity contribution in [2.24, 2.45) is 0 Å². The molecule has 1 aliphatic heterocycles. The second kappa shape index (κ2) is 9.00. The number of fused-ring (bicyclic) bond motifs is 1. The largest absolute Gasteiger partial charge is 0.508 e. The minimum absolute atomic E-state index is 0.0257. The molecule has 1 aliphatic rings. The van der Waals surface area contributed by atoms with Gasteiger partial charge in [-0.3, -0.25) is 4.79 Å². The fourth-order valence-corrected chi connectivity index (χ4v) is 3.67. The molecule has 0 unspecified atom stereocenters. The zero-order valence-electron chi connectivity index (χ0n) is 17.7. The summed E-state index contributed by atoms with van der Waals surface area (Å²) in [4.78, 5) is 13.3. The predicted molar refractivity (Wildman–Crippen MR) is 114 cm³/mol. The number of benzene rings is 2. The number of phenols is 3. The Kier molecular flexibility index (Phi) is 6.25. The summed E-state index contributed by atoms with van der Waals surface area (Å²) >= 11 is 0. The fraction of sp³-hybridized carbons (Fsp3) is 0.318. The molecule has 0 spiro atoms. The van der Waals surface area contributed by atoms with E-state index in [4.69, 9.17) is 18.6 Å². The van der Waals surface area contributed by atoms with Gasteiger partial charge in [-0.25, -0.2) is 0 Å². The molecule has 0 bridgehead atoms. The number of hydrogen-bond donors (Lipinski definition) is 7. The highest BCUT2D eigenvalue weighted by atomic mass is 16.7. The highest BCUT2D eigenvalue weighted by molar-refractivity contribution is 5.88. The van der Waals surface area contributed by atoms with Gasteiger partial charge in [-0.05, 0) is 18.2 Å². The quantitative estimate of drug-likeness (QED) is 0.254. The van der Waals surface area contributed by atoms with E-state index in [1.165, 1.54) is 25.3 Å². The van der Waals surface area contributed by atoms with Crippen LogP contribution in [0.15, 0.2) is 39.5 Å². The number of aliphatic hydroxyl groups is 4. The Hall–Kier alpha value is -3.55. The van der Waals surface area contributed by atoms with E-state index in [-0.39, 0.29) is 39.5 Å². The number of ether oxygens (including phenoxy) is 3. The first-order chi connectivity index (χ1) is 16.2. The Morgan fingerprint density at radius 3 is 2.38 bits per heavy atom. The Bertz CT molecular complexity index is 1270. The van der Waals surface area contributed by atoms with Crippen molar-refractivity contribution in [3.63, 3.8) is 0 Å². The molecule has 0 saturated carbocycles. The van der Waals surface area contributed by atoms with Crippen LogP contribution < -0.4 is 14.9 Å². The van der Waals surface area contributed by atoms with Crippen LogP contribution in [0.1, 0.15) is 0 Å². The molecule has 34 heavy (non-hydrogen) atoms. The van der Waals surface area contributed by atoms with Crippen molar-refractivity contribution in [1.82, 2.24) is 0 Å². The van der Waals surface area contributed by atoms with Crippen LogP contribution in [-0.2, 0) is 4.74 Å². The number of aliphatic hydroxyl groups excluding tert-OH is 4. The molecule has 1 saturated heterocycles. The van der Waals surface area contributed by atoms with E-state index in [2.05, 4.69) is 0 Å². The number of hydrogen-bond acceptors (Lipinski definition) is 12. The van der Waals surface area contributed by atoms with Crippen molar-refractivity contribution >= 4 is 11.0 Å². The van der Waals surface area contributed by atoms with Crippen LogP contribution in [-0.4, -0.2) is 80.2 Å². The summed E-state index contributed by atoms with van der Waals surface area (Å²) in [6.45, 7) is -0.723. The van der Waals surface area contributed by atoms with Gasteiger partial charge in [0.25, 0.3) is 0 Å². The van der Waals surface area contributed by atoms with Crippen LogP contribution in [0.3, 0.4) is 0 Å². The van der Waals surface area contributed by atoms with Crippen molar-refractivity contribution in [3.05, 3.63) is 40.6 Å². The third-order valence-corrected chi connectivity index (χ3v) is 5.44. The standard InChI is InChI=1S/C22H22O12/c1-31-12-4-8(2-3-10(12)25)20-21(17(28)15-11(26)5-9(24)6-13(15)32-20)34-22-19(30)18(29)16(27)14(7-23)33-22/h2-6,14,16,18-19,22-27,29-30H,7H2,1H3/t14-,16-,18+,19-,22-/m0/s1. The lowest BCUT2D eigenvalue weighted by molar-refractivity contribution is -0.277. The first-order valence-electron chi connectivity index (χ1n) is 10.0. The molecule has 5 atom stereocenters. The van der Waals surface area contributed by atoms with Gasteiger partial charge in [-0.15, -0.1) is 0 Å². The third-order valence-electron chi connectivity index (χ3n) is 5.44. The van der Waals surface area contributed by atoms with Crippen LogP contribution in [0.25, 0.3) is 22.3 Å². The van der Waals surface area contributed by atoms with Crippen molar-refractivity contribution in [2.45, 2.75) is 30.7 Å². The topological polar surface area (TPSA) is 200 Å². The molecular formula is C22H22O12. The van der Waals surface area contributed by atoms with Crippen LogP contribution in [0, 0.1) is 0 Å². The van der Waals surface area contributed by atoms with Gasteiger partial charge in [0.1, 0.15) is 46.9 Å². The molecule has 3 aromatic rings. The summed E-state index contributed by atoms with van der Waals surface area (Å²) in [5, 5.41) is 69.4. The molecule has 4 rings (SSSR count). The summed E-state index contributed by atoms with van der Waals surface area (Å²) in [6.07, 6.45) is -8.29. The van der Waals surface area contributed by atoms with Crippen molar-refractivity contribution in [1.29, 1.82) is 0 Å². The Morgan fingerprint density at radius 2 is 1.71 bits per heavy atom. The molecule has 182 valence electrons. The van der Waals surface area contributed by atoms with Crippen molar-refractivity contribution in [2.75, 3.05) is 13.7 Å². The van der Waals surface area contributed by atoms with Gasteiger partial charge in [0.2, 0.25) is 17.5 Å². The number of aromatic hydroxyl groups is 3. The Morgan fingerprint density at radius 1 is 0.971 bits per heavy atom. The molecule has 1 aromatic heterocycles. The second-order valence-corrected chi connectivity index (χ2v) is 7.63. The average molecular weight is 478 g/mol. The smallest absolute Gasteiger partial charge is 0.239 e. The first-order valence-corrected chi connectivity index (χ1v) is 10.0. The molecule has 7 N–H and O–H groups in total. The molecule has 2 aromatic carbocycles. The fourth-order valence-electron chi connectivity index (χ4n) is 3.67. The highest BCUT2D eigenvalue weighted by Gasteiger charge is 2.45. The van der Waals surface area contributed by atoms with E-state index < -0.39 is 54.2 Å². The summed E-state index contributed by atoms with van der Waals surface area (Å²) in [6, 6.07) is 5.96. The van der Waals surface area contributed by atoms with E-state index in [0.29, 0.717) is 0 Å². The number of methoxy groups -OCH3 is 1. The zero-order valence-corrected chi connectivity index (χ0v) is 17.7. The predicted octanol–water partition coefficient (Wildman–Crippen LogP) is -0.236. The zero-order chi connectivity index (χ0) is 24.7. The molecule has 12 nitrogen and oxygen atoms in total. The minimum atomic E-state index is -1.83. The lowest BCUT2D eigenvalue weighted by Crippen LogP contribution is -2.60. The van der Waals surface area contributed by atoms with E-state index in [9.17, 15) is 40.5 Å². The highest BCUT2D eigenvalue weighted by Crippen LogP contribution is 2.39. The molecule has 2 heterocycles. The summed E-state index contributed by atoms with van der Waals surface area (Å²) in [5.74, 6) is -2.00. The van der Waals surface area contributed by atoms with Crippen LogP contribution >= 0.6 is 0 Å². The third kappa shape index (κ3) is 3.97. The molecular weight excluding hydrogens is 456 g/mol. The van der Waals surface area contributed by atoms with E-state index in [1.54, 1.807) is 0 Å². The van der Waals surface area contributed by atoms with Crippen molar-refractivity contribution in [3.8, 4) is 40.1 Å². The van der Waals surface area contributed by atoms with Crippen LogP contribution in [0.4, 0.5) is 0 Å². The number of rotatable bonds is 5. The van der Waals surface area contributed by atoms with E-state index in [1.807, 2.05) is 0 Å². The lowest BCUT2D eigenvalue weighted by Gasteiger charge is -2.39. The van der Waals surface area contributed by atoms with Crippen molar-refractivity contribution < 1.29 is 54.4 Å². The van der Waals surface area contributed by atoms with Gasteiger partial charge in [0.15, 0.2) is 17.3 Å². The minimum Gasteiger partial charge on any atom is -0.508 e. The molecule has 1 fully saturated rings. The first kappa shape index (κ1) is 23.6. The maximum absolute atomic E-state index is 13.3. The van der Waals surface area contributed by atoms with Gasteiger partial charge < -0.3 is 54.4 Å². The summed E-state index contributed by atoms with van der Waals surface area (Å²) < 4.78 is 21.8. The van der Waals surface area contributed by atoms with Gasteiger partial charge >= 0.3 is 0 Å². The van der Waals surface area contributed by atoms with E-state index in [0.717, 1.165) is 12.1 Å². The molecule has 12 heteroatoms. The summed E-state index contributed by atoms with van der Waals surface area (Å²) in [7, 11) is 1.30. The van der Waals surface area contributed by atoms with Crippen LogP contribution in [0.5, 0.6) is 28.7 Å². The Labute approximate surface area is 191 Å². The molecule has 0 radical (unpaired) electrons.